The van der Waals surface area contributed by atoms with Crippen molar-refractivity contribution >= 4 is 17.6 Å². The molecule has 0 saturated heterocycles. The van der Waals surface area contributed by atoms with Crippen LogP contribution in [-0.2, 0) is 0 Å². The van der Waals surface area contributed by atoms with E-state index in [2.05, 4.69) is 13.8 Å². The summed E-state index contributed by atoms with van der Waals surface area (Å²) >= 11 is 5.95. The van der Waals surface area contributed by atoms with Gasteiger partial charge >= 0.3 is 5.97 Å². The summed E-state index contributed by atoms with van der Waals surface area (Å²) < 4.78 is 10.8. The summed E-state index contributed by atoms with van der Waals surface area (Å²) in [4.78, 5) is 12.0. The molecule has 3 nitrogen and oxygen atoms in total. The third-order valence-corrected chi connectivity index (χ3v) is 3.02. The molecule has 0 unspecified atom stereocenters. The molecule has 0 amide bonds. The molecule has 0 bridgehead atoms. The van der Waals surface area contributed by atoms with Gasteiger partial charge in [0.15, 0.2) is 0 Å². The van der Waals surface area contributed by atoms with Gasteiger partial charge in [0.2, 0.25) is 0 Å². The molecule has 0 atom stereocenters. The van der Waals surface area contributed by atoms with E-state index in [4.69, 9.17) is 21.1 Å². The number of carbonyl (C=O) groups excluding carboxylic acids is 1. The second kappa shape index (κ2) is 7.14. The quantitative estimate of drug-likeness (QED) is 0.598. The highest BCUT2D eigenvalue weighted by Crippen LogP contribution is 2.24. The molecule has 0 N–H and O–H groups in total. The van der Waals surface area contributed by atoms with Gasteiger partial charge in [-0.2, -0.15) is 0 Å². The molecule has 2 rings (SSSR count). The third kappa shape index (κ3) is 4.50. The molecule has 0 radical (unpaired) electrons. The topological polar surface area (TPSA) is 35.5 Å². The van der Waals surface area contributed by atoms with Crippen molar-refractivity contribution in [3.8, 4) is 11.5 Å². The monoisotopic (exact) mass is 304 g/mol. The summed E-state index contributed by atoms with van der Waals surface area (Å²) in [6.07, 6.45) is 0. The van der Waals surface area contributed by atoms with Crippen molar-refractivity contribution < 1.29 is 14.3 Å². The van der Waals surface area contributed by atoms with E-state index in [9.17, 15) is 4.79 Å². The standard InChI is InChI=1S/C17H17ClO3/c1-12(2)11-20-14-9-7-13(8-10-14)17(19)21-16-6-4-3-5-15(16)18/h3-10,12H,11H2,1-2H3. The Balaban J connectivity index is 2.01. The van der Waals surface area contributed by atoms with Gasteiger partial charge in [-0.3, -0.25) is 0 Å². The first kappa shape index (κ1) is 15.4. The lowest BCUT2D eigenvalue weighted by atomic mass is 10.2. The summed E-state index contributed by atoms with van der Waals surface area (Å²) in [6, 6.07) is 13.7. The highest BCUT2D eigenvalue weighted by Gasteiger charge is 2.10. The van der Waals surface area contributed by atoms with E-state index in [1.54, 1.807) is 48.5 Å². The Morgan fingerprint density at radius 1 is 1.10 bits per heavy atom. The van der Waals surface area contributed by atoms with Gasteiger partial charge in [0.05, 0.1) is 17.2 Å². The molecule has 21 heavy (non-hydrogen) atoms. The van der Waals surface area contributed by atoms with Crippen LogP contribution in [0.1, 0.15) is 24.2 Å². The minimum Gasteiger partial charge on any atom is -0.493 e. The fraction of sp³-hybridized carbons (Fsp3) is 0.235. The van der Waals surface area contributed by atoms with Gasteiger partial charge in [0, 0.05) is 0 Å². The Morgan fingerprint density at radius 2 is 1.76 bits per heavy atom. The largest absolute Gasteiger partial charge is 0.493 e. The number of rotatable bonds is 5. The lowest BCUT2D eigenvalue weighted by Crippen LogP contribution is -2.09. The van der Waals surface area contributed by atoms with Crippen LogP contribution < -0.4 is 9.47 Å². The summed E-state index contributed by atoms with van der Waals surface area (Å²) in [5.74, 6) is 1.09. The molecule has 2 aromatic rings. The minimum atomic E-state index is -0.446. The Hall–Kier alpha value is -2.00. The van der Waals surface area contributed by atoms with E-state index in [0.29, 0.717) is 28.9 Å². The van der Waals surface area contributed by atoms with Crippen LogP contribution in [0, 0.1) is 5.92 Å². The first-order valence-electron chi connectivity index (χ1n) is 6.76. The minimum absolute atomic E-state index is 0.351. The molecule has 0 aliphatic rings. The zero-order valence-corrected chi connectivity index (χ0v) is 12.8. The van der Waals surface area contributed by atoms with Gasteiger partial charge in [-0.05, 0) is 42.3 Å². The van der Waals surface area contributed by atoms with Crippen LogP contribution in [0.2, 0.25) is 5.02 Å². The Bertz CT molecular complexity index is 606. The van der Waals surface area contributed by atoms with Crippen LogP contribution in [0.3, 0.4) is 0 Å². The van der Waals surface area contributed by atoms with Crippen molar-refractivity contribution in [2.24, 2.45) is 5.92 Å². The molecule has 0 aromatic heterocycles. The number of para-hydroxylation sites is 1. The van der Waals surface area contributed by atoms with Crippen molar-refractivity contribution in [3.63, 3.8) is 0 Å². The average Bonchev–Trinajstić information content (AvgIpc) is 2.48. The first-order valence-corrected chi connectivity index (χ1v) is 7.13. The van der Waals surface area contributed by atoms with Crippen molar-refractivity contribution in [2.75, 3.05) is 6.61 Å². The summed E-state index contributed by atoms with van der Waals surface area (Å²) in [5, 5.41) is 0.405. The maximum atomic E-state index is 12.0. The summed E-state index contributed by atoms with van der Waals surface area (Å²) in [6.45, 7) is 4.80. The molecule has 4 heteroatoms. The predicted molar refractivity (Wildman–Crippen MR) is 83.2 cm³/mol. The number of ether oxygens (including phenoxy) is 2. The maximum Gasteiger partial charge on any atom is 0.343 e. The Morgan fingerprint density at radius 3 is 2.38 bits per heavy atom. The van der Waals surface area contributed by atoms with E-state index in [-0.39, 0.29) is 0 Å². The van der Waals surface area contributed by atoms with E-state index in [1.807, 2.05) is 0 Å². The molecular weight excluding hydrogens is 288 g/mol. The fourth-order valence-electron chi connectivity index (χ4n) is 1.64. The molecule has 0 spiro atoms. The van der Waals surface area contributed by atoms with Gasteiger partial charge < -0.3 is 9.47 Å². The van der Waals surface area contributed by atoms with E-state index in [0.717, 1.165) is 5.75 Å². The van der Waals surface area contributed by atoms with Gasteiger partial charge in [-0.1, -0.05) is 37.6 Å². The Kier molecular flexibility index (Phi) is 5.23. The van der Waals surface area contributed by atoms with Crippen LogP contribution >= 0.6 is 11.6 Å². The normalized spacial score (nSPS) is 10.5. The van der Waals surface area contributed by atoms with Gasteiger partial charge in [0.1, 0.15) is 11.5 Å². The molecule has 0 aliphatic heterocycles. The molecular formula is C17H17ClO3. The highest BCUT2D eigenvalue weighted by atomic mass is 35.5. The predicted octanol–water partition coefficient (Wildman–Crippen LogP) is 4.59. The van der Waals surface area contributed by atoms with E-state index in [1.165, 1.54) is 0 Å². The average molecular weight is 305 g/mol. The molecule has 0 saturated carbocycles. The van der Waals surface area contributed by atoms with Gasteiger partial charge in [0.25, 0.3) is 0 Å². The number of halogens is 1. The SMILES string of the molecule is CC(C)COc1ccc(C(=O)Oc2ccccc2Cl)cc1. The van der Waals surface area contributed by atoms with E-state index < -0.39 is 5.97 Å². The van der Waals surface area contributed by atoms with Crippen LogP contribution in [0.15, 0.2) is 48.5 Å². The van der Waals surface area contributed by atoms with Crippen molar-refractivity contribution in [1.29, 1.82) is 0 Å². The summed E-state index contributed by atoms with van der Waals surface area (Å²) in [7, 11) is 0. The van der Waals surface area contributed by atoms with Crippen LogP contribution in [0.4, 0.5) is 0 Å². The number of benzene rings is 2. The molecule has 2 aromatic carbocycles. The third-order valence-electron chi connectivity index (χ3n) is 2.71. The fourth-order valence-corrected chi connectivity index (χ4v) is 1.81. The molecule has 0 aliphatic carbocycles. The van der Waals surface area contributed by atoms with Crippen molar-refractivity contribution in [1.82, 2.24) is 0 Å². The smallest absolute Gasteiger partial charge is 0.343 e. The lowest BCUT2D eigenvalue weighted by Gasteiger charge is -2.09. The van der Waals surface area contributed by atoms with Crippen LogP contribution in [-0.4, -0.2) is 12.6 Å². The highest BCUT2D eigenvalue weighted by molar-refractivity contribution is 6.32. The van der Waals surface area contributed by atoms with Gasteiger partial charge in [-0.15, -0.1) is 0 Å². The maximum absolute atomic E-state index is 12.0. The second-order valence-corrected chi connectivity index (χ2v) is 5.46. The lowest BCUT2D eigenvalue weighted by molar-refractivity contribution is 0.0735. The van der Waals surface area contributed by atoms with Crippen molar-refractivity contribution in [3.05, 3.63) is 59.1 Å². The zero-order valence-electron chi connectivity index (χ0n) is 12.0. The van der Waals surface area contributed by atoms with Crippen LogP contribution in [0.5, 0.6) is 11.5 Å². The number of esters is 1. The molecule has 0 heterocycles. The van der Waals surface area contributed by atoms with E-state index >= 15 is 0 Å². The first-order chi connectivity index (χ1) is 10.1. The zero-order chi connectivity index (χ0) is 15.2. The number of hydrogen-bond acceptors (Lipinski definition) is 3. The Labute approximate surface area is 129 Å². The van der Waals surface area contributed by atoms with Crippen LogP contribution in [0.25, 0.3) is 0 Å². The number of carbonyl (C=O) groups is 1. The van der Waals surface area contributed by atoms with Gasteiger partial charge in [-0.25, -0.2) is 4.79 Å². The second-order valence-electron chi connectivity index (χ2n) is 5.05. The van der Waals surface area contributed by atoms with Crippen molar-refractivity contribution in [2.45, 2.75) is 13.8 Å². The molecule has 0 fully saturated rings. The summed E-state index contributed by atoms with van der Waals surface area (Å²) in [5.41, 5.74) is 0.451. The molecule has 110 valence electrons. The number of hydrogen-bond donors (Lipinski definition) is 0.